The minimum atomic E-state index is 1.64. The van der Waals surface area contributed by atoms with Crippen molar-refractivity contribution in [2.24, 2.45) is 5.10 Å². The maximum Gasteiger partial charge on any atom is 0.0267 e. The van der Waals surface area contributed by atoms with E-state index in [0.717, 1.165) is 0 Å². The van der Waals surface area contributed by atoms with Gasteiger partial charge in [-0.2, -0.15) is 5.10 Å². The van der Waals surface area contributed by atoms with Crippen molar-refractivity contribution >= 4 is 6.72 Å². The van der Waals surface area contributed by atoms with Gasteiger partial charge < -0.3 is 5.01 Å². The first-order chi connectivity index (χ1) is 5.27. The van der Waals surface area contributed by atoms with Crippen LogP contribution in [0.2, 0.25) is 0 Å². The van der Waals surface area contributed by atoms with E-state index < -0.39 is 0 Å². The van der Waals surface area contributed by atoms with E-state index in [1.165, 1.54) is 0 Å². The Bertz CT molecular complexity index is 145. The molecule has 3 nitrogen and oxygen atoms in total. The molecule has 0 aliphatic heterocycles. The number of pyridine rings is 1. The fourth-order valence-corrected chi connectivity index (χ4v) is 0.313. The number of hydrazone groups is 1. The quantitative estimate of drug-likeness (QED) is 0.446. The smallest absolute Gasteiger partial charge is 0.0267 e. The van der Waals surface area contributed by atoms with Crippen molar-refractivity contribution in [1.29, 1.82) is 0 Å². The highest BCUT2D eigenvalue weighted by Crippen LogP contribution is 1.73. The molecule has 0 aromatic carbocycles. The second kappa shape index (κ2) is 6.74. The number of rotatable bonds is 1. The Morgan fingerprint density at radius 3 is 1.73 bits per heavy atom. The Labute approximate surface area is 67.4 Å². The summed E-state index contributed by atoms with van der Waals surface area (Å²) in [5.41, 5.74) is 0. The third kappa shape index (κ3) is 8.62. The number of hydrogen-bond donors (Lipinski definition) is 0. The zero-order chi connectivity index (χ0) is 8.53. The normalized spacial score (nSPS) is 7.45. The van der Waals surface area contributed by atoms with E-state index in [9.17, 15) is 0 Å². The lowest BCUT2D eigenvalue weighted by molar-refractivity contribution is 0.442. The van der Waals surface area contributed by atoms with Crippen molar-refractivity contribution in [2.45, 2.75) is 0 Å². The SMILES string of the molecule is C=NN(C)C.c1ccncc1. The summed E-state index contributed by atoms with van der Waals surface area (Å²) in [6.45, 7) is 3.24. The van der Waals surface area contributed by atoms with Gasteiger partial charge in [-0.15, -0.1) is 0 Å². The molecule has 0 unspecified atom stereocenters. The lowest BCUT2D eigenvalue weighted by Crippen LogP contribution is -1.98. The van der Waals surface area contributed by atoms with Crippen LogP contribution in [-0.4, -0.2) is 30.8 Å². The molecule has 3 heteroatoms. The third-order valence-corrected chi connectivity index (χ3v) is 0.849. The van der Waals surface area contributed by atoms with Gasteiger partial charge in [-0.3, -0.25) is 4.98 Å². The molecular weight excluding hydrogens is 138 g/mol. The summed E-state index contributed by atoms with van der Waals surface area (Å²) in [6, 6.07) is 5.72. The molecule has 0 fully saturated rings. The Morgan fingerprint density at radius 2 is 1.64 bits per heavy atom. The molecule has 0 saturated heterocycles. The summed E-state index contributed by atoms with van der Waals surface area (Å²) in [5, 5.41) is 5.11. The predicted molar refractivity (Wildman–Crippen MR) is 47.5 cm³/mol. The van der Waals surface area contributed by atoms with Crippen LogP contribution in [0.15, 0.2) is 35.7 Å². The first-order valence-corrected chi connectivity index (χ1v) is 3.26. The van der Waals surface area contributed by atoms with E-state index in [-0.39, 0.29) is 0 Å². The topological polar surface area (TPSA) is 28.5 Å². The van der Waals surface area contributed by atoms with Crippen LogP contribution in [0.3, 0.4) is 0 Å². The van der Waals surface area contributed by atoms with Crippen molar-refractivity contribution in [3.63, 3.8) is 0 Å². The van der Waals surface area contributed by atoms with Crippen molar-refractivity contribution in [2.75, 3.05) is 14.1 Å². The van der Waals surface area contributed by atoms with Gasteiger partial charge in [-0.05, 0) is 12.1 Å². The second-order valence-electron chi connectivity index (χ2n) is 2.01. The van der Waals surface area contributed by atoms with E-state index in [1.54, 1.807) is 17.4 Å². The van der Waals surface area contributed by atoms with Crippen LogP contribution in [0, 0.1) is 0 Å². The van der Waals surface area contributed by atoms with Gasteiger partial charge in [0, 0.05) is 33.2 Å². The average molecular weight is 151 g/mol. The zero-order valence-corrected chi connectivity index (χ0v) is 6.94. The standard InChI is InChI=1S/C5H5N.C3H8N2/c1-2-4-6-5-3-1;1-4-5(2)3/h1-5H;1H2,2-3H3. The summed E-state index contributed by atoms with van der Waals surface area (Å²) in [6.07, 6.45) is 3.50. The van der Waals surface area contributed by atoms with Crippen molar-refractivity contribution in [1.82, 2.24) is 9.99 Å². The van der Waals surface area contributed by atoms with Crippen molar-refractivity contribution < 1.29 is 0 Å². The molecule has 0 spiro atoms. The average Bonchev–Trinajstić information content (AvgIpc) is 2.09. The van der Waals surface area contributed by atoms with Gasteiger partial charge in [0.25, 0.3) is 0 Å². The van der Waals surface area contributed by atoms with Crippen LogP contribution < -0.4 is 0 Å². The van der Waals surface area contributed by atoms with E-state index in [0.29, 0.717) is 0 Å². The molecule has 11 heavy (non-hydrogen) atoms. The predicted octanol–water partition coefficient (Wildman–Crippen LogP) is 1.25. The third-order valence-electron chi connectivity index (χ3n) is 0.849. The van der Waals surface area contributed by atoms with Crippen LogP contribution in [0.1, 0.15) is 0 Å². The molecule has 1 aromatic rings. The van der Waals surface area contributed by atoms with Gasteiger partial charge in [0.15, 0.2) is 0 Å². The molecule has 0 aliphatic rings. The van der Waals surface area contributed by atoms with Crippen LogP contribution >= 0.6 is 0 Å². The highest BCUT2D eigenvalue weighted by Gasteiger charge is 1.62. The Morgan fingerprint density at radius 1 is 1.18 bits per heavy atom. The molecule has 0 saturated carbocycles. The number of hydrogen-bond acceptors (Lipinski definition) is 3. The first-order valence-electron chi connectivity index (χ1n) is 3.26. The molecule has 1 heterocycles. The fourth-order valence-electron chi connectivity index (χ4n) is 0.313. The van der Waals surface area contributed by atoms with Gasteiger partial charge in [0.1, 0.15) is 0 Å². The largest absolute Gasteiger partial charge is 0.304 e. The zero-order valence-electron chi connectivity index (χ0n) is 6.94. The van der Waals surface area contributed by atoms with Crippen LogP contribution in [-0.2, 0) is 0 Å². The monoisotopic (exact) mass is 151 g/mol. The second-order valence-corrected chi connectivity index (χ2v) is 2.01. The van der Waals surface area contributed by atoms with Gasteiger partial charge in [0.2, 0.25) is 0 Å². The molecule has 60 valence electrons. The van der Waals surface area contributed by atoms with Crippen molar-refractivity contribution in [3.8, 4) is 0 Å². The van der Waals surface area contributed by atoms with E-state index >= 15 is 0 Å². The van der Waals surface area contributed by atoms with Crippen LogP contribution in [0.4, 0.5) is 0 Å². The molecule has 0 amide bonds. The maximum absolute atomic E-state index is 3.78. The van der Waals surface area contributed by atoms with Gasteiger partial charge in [-0.25, -0.2) is 0 Å². The minimum Gasteiger partial charge on any atom is -0.304 e. The summed E-state index contributed by atoms with van der Waals surface area (Å²) in [4.78, 5) is 3.78. The highest BCUT2D eigenvalue weighted by molar-refractivity contribution is 5.22. The lowest BCUT2D eigenvalue weighted by atomic mass is 10.5. The molecule has 1 rings (SSSR count). The Balaban J connectivity index is 0.000000187. The summed E-state index contributed by atoms with van der Waals surface area (Å²) in [5.74, 6) is 0. The van der Waals surface area contributed by atoms with Gasteiger partial charge in [-0.1, -0.05) is 6.07 Å². The van der Waals surface area contributed by atoms with E-state index in [1.807, 2.05) is 32.3 Å². The Kier molecular flexibility index (Phi) is 5.89. The molecule has 0 aliphatic carbocycles. The Hall–Kier alpha value is -1.38. The molecule has 0 atom stereocenters. The van der Waals surface area contributed by atoms with Crippen molar-refractivity contribution in [3.05, 3.63) is 30.6 Å². The minimum absolute atomic E-state index is 1.64. The van der Waals surface area contributed by atoms with Crippen LogP contribution in [0.5, 0.6) is 0 Å². The fraction of sp³-hybridized carbons (Fsp3) is 0.250. The maximum atomic E-state index is 3.78. The number of aromatic nitrogens is 1. The van der Waals surface area contributed by atoms with Gasteiger partial charge in [0.05, 0.1) is 0 Å². The summed E-state index contributed by atoms with van der Waals surface area (Å²) in [7, 11) is 3.65. The summed E-state index contributed by atoms with van der Waals surface area (Å²) < 4.78 is 0. The van der Waals surface area contributed by atoms with Gasteiger partial charge >= 0.3 is 0 Å². The first kappa shape index (κ1) is 9.62. The molecule has 0 bridgehead atoms. The molecular formula is C8H13N3. The lowest BCUT2D eigenvalue weighted by Gasteiger charge is -1.97. The number of nitrogens with zero attached hydrogens (tertiary/aromatic N) is 3. The molecule has 0 N–H and O–H groups in total. The molecule has 0 radical (unpaired) electrons. The van der Waals surface area contributed by atoms with E-state index in [4.69, 9.17) is 0 Å². The summed E-state index contributed by atoms with van der Waals surface area (Å²) >= 11 is 0. The van der Waals surface area contributed by atoms with Crippen LogP contribution in [0.25, 0.3) is 0 Å². The molecule has 1 aromatic heterocycles. The highest BCUT2D eigenvalue weighted by atomic mass is 15.4. The van der Waals surface area contributed by atoms with E-state index in [2.05, 4.69) is 16.8 Å².